The second-order valence-corrected chi connectivity index (χ2v) is 4.82. The van der Waals surface area contributed by atoms with E-state index in [2.05, 4.69) is 16.7 Å². The van der Waals surface area contributed by atoms with Crippen molar-refractivity contribution >= 4 is 11.7 Å². The van der Waals surface area contributed by atoms with Gasteiger partial charge in [0.25, 0.3) is 5.60 Å². The van der Waals surface area contributed by atoms with E-state index in [4.69, 9.17) is 9.94 Å². The van der Waals surface area contributed by atoms with E-state index in [1.165, 1.54) is 25.1 Å². The standard InChI is InChI=1S/C15H13F3N2O3/c1-3-10(4-2)14(15(16,17)18)7-12(20-23-14)9-5-6-11(13(21)22)19-8-9/h3-6,8H,1,7H2,2H3,(H,21,22)/b10-4+. The van der Waals surface area contributed by atoms with Crippen LogP contribution in [-0.4, -0.2) is 33.5 Å². The molecule has 0 amide bonds. The first-order valence-corrected chi connectivity index (χ1v) is 6.56. The molecule has 0 fully saturated rings. The van der Waals surface area contributed by atoms with Crippen molar-refractivity contribution in [2.75, 3.05) is 0 Å². The van der Waals surface area contributed by atoms with E-state index in [0.29, 0.717) is 0 Å². The fourth-order valence-electron chi connectivity index (χ4n) is 2.27. The Morgan fingerprint density at radius 2 is 2.17 bits per heavy atom. The molecular weight excluding hydrogens is 313 g/mol. The molecule has 0 saturated heterocycles. The molecule has 1 aliphatic heterocycles. The fraction of sp³-hybridized carbons (Fsp3) is 0.267. The number of aromatic carboxylic acids is 1. The van der Waals surface area contributed by atoms with Gasteiger partial charge in [0.15, 0.2) is 0 Å². The van der Waals surface area contributed by atoms with Crippen LogP contribution >= 0.6 is 0 Å². The zero-order valence-corrected chi connectivity index (χ0v) is 12.1. The number of pyridine rings is 1. The Hall–Kier alpha value is -2.64. The van der Waals surface area contributed by atoms with Crippen LogP contribution in [0.25, 0.3) is 0 Å². The zero-order chi connectivity index (χ0) is 17.3. The van der Waals surface area contributed by atoms with Gasteiger partial charge in [-0.1, -0.05) is 23.9 Å². The molecule has 2 rings (SSSR count). The first-order chi connectivity index (χ1) is 10.7. The van der Waals surface area contributed by atoms with Gasteiger partial charge in [0.1, 0.15) is 5.69 Å². The van der Waals surface area contributed by atoms with Gasteiger partial charge >= 0.3 is 12.1 Å². The molecule has 0 saturated carbocycles. The average molecular weight is 326 g/mol. The fourth-order valence-corrected chi connectivity index (χ4v) is 2.27. The maximum absolute atomic E-state index is 13.5. The van der Waals surface area contributed by atoms with Crippen molar-refractivity contribution in [1.29, 1.82) is 0 Å². The normalized spacial score (nSPS) is 21.6. The van der Waals surface area contributed by atoms with Gasteiger partial charge in [-0.2, -0.15) is 13.2 Å². The van der Waals surface area contributed by atoms with Crippen LogP contribution in [0, 0.1) is 0 Å². The van der Waals surface area contributed by atoms with E-state index in [9.17, 15) is 18.0 Å². The van der Waals surface area contributed by atoms with Gasteiger partial charge in [0, 0.05) is 17.3 Å². The van der Waals surface area contributed by atoms with Crippen molar-refractivity contribution < 1.29 is 27.9 Å². The Morgan fingerprint density at radius 3 is 2.61 bits per heavy atom. The molecule has 1 unspecified atom stereocenters. The number of aromatic nitrogens is 1. The predicted molar refractivity (Wildman–Crippen MR) is 76.2 cm³/mol. The van der Waals surface area contributed by atoms with Crippen molar-refractivity contribution in [2.24, 2.45) is 5.16 Å². The topological polar surface area (TPSA) is 71.8 Å². The van der Waals surface area contributed by atoms with Gasteiger partial charge in [-0.15, -0.1) is 0 Å². The molecule has 23 heavy (non-hydrogen) atoms. The van der Waals surface area contributed by atoms with Crippen molar-refractivity contribution in [3.63, 3.8) is 0 Å². The Kier molecular flexibility index (Phi) is 4.26. The highest BCUT2D eigenvalue weighted by molar-refractivity contribution is 6.02. The molecule has 1 aliphatic rings. The molecule has 8 heteroatoms. The van der Waals surface area contributed by atoms with Gasteiger partial charge in [-0.25, -0.2) is 9.78 Å². The Labute approximate surface area is 129 Å². The summed E-state index contributed by atoms with van der Waals surface area (Å²) in [5.74, 6) is -1.23. The van der Waals surface area contributed by atoms with Crippen molar-refractivity contribution in [1.82, 2.24) is 4.98 Å². The van der Waals surface area contributed by atoms with Crippen LogP contribution in [0.3, 0.4) is 0 Å². The van der Waals surface area contributed by atoms with Gasteiger partial charge in [0.05, 0.1) is 12.1 Å². The molecule has 0 radical (unpaired) electrons. The number of allylic oxidation sites excluding steroid dienone is 1. The van der Waals surface area contributed by atoms with Crippen molar-refractivity contribution in [3.8, 4) is 0 Å². The number of carboxylic acid groups (broad SMARTS) is 1. The summed E-state index contributed by atoms with van der Waals surface area (Å²) in [5, 5.41) is 12.3. The van der Waals surface area contributed by atoms with Crippen LogP contribution in [-0.2, 0) is 4.84 Å². The molecule has 2 heterocycles. The lowest BCUT2D eigenvalue weighted by atomic mass is 9.86. The second kappa shape index (κ2) is 5.86. The number of hydrogen-bond acceptors (Lipinski definition) is 4. The summed E-state index contributed by atoms with van der Waals surface area (Å²) in [4.78, 5) is 19.2. The van der Waals surface area contributed by atoms with Crippen LogP contribution in [0.15, 0.2) is 47.8 Å². The molecule has 1 atom stereocenters. The van der Waals surface area contributed by atoms with Crippen LogP contribution in [0.1, 0.15) is 29.4 Å². The van der Waals surface area contributed by atoms with Crippen molar-refractivity contribution in [2.45, 2.75) is 25.1 Å². The number of carbonyl (C=O) groups is 1. The Balaban J connectivity index is 2.36. The average Bonchev–Trinajstić information content (AvgIpc) is 2.95. The van der Waals surface area contributed by atoms with Gasteiger partial charge in [-0.3, -0.25) is 0 Å². The Bertz CT molecular complexity index is 693. The molecule has 0 spiro atoms. The van der Waals surface area contributed by atoms with Gasteiger partial charge in [-0.05, 0) is 19.1 Å². The van der Waals surface area contributed by atoms with Crippen LogP contribution in [0.5, 0.6) is 0 Å². The Morgan fingerprint density at radius 1 is 1.48 bits per heavy atom. The summed E-state index contributed by atoms with van der Waals surface area (Å²) in [5.41, 5.74) is -2.65. The molecule has 1 aromatic heterocycles. The summed E-state index contributed by atoms with van der Waals surface area (Å²) >= 11 is 0. The lowest BCUT2D eigenvalue weighted by molar-refractivity contribution is -0.251. The molecule has 1 aromatic rings. The number of alkyl halides is 3. The summed E-state index contributed by atoms with van der Waals surface area (Å²) in [6.07, 6.45) is -1.73. The van der Waals surface area contributed by atoms with Gasteiger partial charge < -0.3 is 9.94 Å². The number of oxime groups is 1. The van der Waals surface area contributed by atoms with E-state index >= 15 is 0 Å². The number of hydrogen-bond donors (Lipinski definition) is 1. The highest BCUT2D eigenvalue weighted by atomic mass is 19.4. The molecule has 0 aliphatic carbocycles. The predicted octanol–water partition coefficient (Wildman–Crippen LogP) is 3.34. The minimum atomic E-state index is -4.69. The maximum atomic E-state index is 13.5. The number of halogens is 3. The van der Waals surface area contributed by atoms with E-state index in [1.807, 2.05) is 0 Å². The largest absolute Gasteiger partial charge is 0.477 e. The third-order valence-electron chi connectivity index (χ3n) is 3.50. The SMILES string of the molecule is C=C/C(=C\C)C1(C(F)(F)F)CC(c2ccc(C(=O)O)nc2)=NO1. The highest BCUT2D eigenvalue weighted by Crippen LogP contribution is 2.46. The molecule has 0 aromatic carbocycles. The monoisotopic (exact) mass is 326 g/mol. The lowest BCUT2D eigenvalue weighted by Crippen LogP contribution is -2.46. The van der Waals surface area contributed by atoms with E-state index < -0.39 is 24.2 Å². The van der Waals surface area contributed by atoms with E-state index in [1.54, 1.807) is 0 Å². The molecule has 122 valence electrons. The summed E-state index contributed by atoms with van der Waals surface area (Å²) in [6, 6.07) is 2.53. The van der Waals surface area contributed by atoms with E-state index in [0.717, 1.165) is 12.3 Å². The number of nitrogens with zero attached hydrogens (tertiary/aromatic N) is 2. The third kappa shape index (κ3) is 2.84. The summed E-state index contributed by atoms with van der Waals surface area (Å²) < 4.78 is 40.6. The summed E-state index contributed by atoms with van der Waals surface area (Å²) in [7, 11) is 0. The highest BCUT2D eigenvalue weighted by Gasteiger charge is 2.62. The molecule has 1 N–H and O–H groups in total. The first kappa shape index (κ1) is 16.7. The third-order valence-corrected chi connectivity index (χ3v) is 3.50. The summed E-state index contributed by atoms with van der Waals surface area (Å²) in [6.45, 7) is 4.84. The number of rotatable bonds is 4. The zero-order valence-electron chi connectivity index (χ0n) is 12.1. The van der Waals surface area contributed by atoms with Crippen LogP contribution < -0.4 is 0 Å². The smallest absolute Gasteiger partial charge is 0.435 e. The molecule has 0 bridgehead atoms. The first-order valence-electron chi connectivity index (χ1n) is 6.56. The minimum Gasteiger partial charge on any atom is -0.477 e. The van der Waals surface area contributed by atoms with Gasteiger partial charge in [0.2, 0.25) is 0 Å². The van der Waals surface area contributed by atoms with E-state index in [-0.39, 0.29) is 22.5 Å². The maximum Gasteiger partial charge on any atom is 0.435 e. The second-order valence-electron chi connectivity index (χ2n) is 4.82. The number of carboxylic acids is 1. The molecular formula is C15H13F3N2O3. The van der Waals surface area contributed by atoms with Crippen molar-refractivity contribution in [3.05, 3.63) is 53.9 Å². The van der Waals surface area contributed by atoms with Crippen LogP contribution in [0.4, 0.5) is 13.2 Å². The quantitative estimate of drug-likeness (QED) is 0.862. The van der Waals surface area contributed by atoms with Crippen LogP contribution in [0.2, 0.25) is 0 Å². The lowest BCUT2D eigenvalue weighted by Gasteiger charge is -2.30. The molecule has 5 nitrogen and oxygen atoms in total. The minimum absolute atomic E-state index is 0.0352.